The normalized spacial score (nSPS) is 25.9. The molecule has 1 aromatic carbocycles. The molecule has 0 spiro atoms. The molecule has 1 unspecified atom stereocenters. The van der Waals surface area contributed by atoms with Crippen LogP contribution in [0, 0.1) is 5.82 Å². The van der Waals surface area contributed by atoms with Crippen LogP contribution in [-0.4, -0.2) is 23.8 Å². The molecule has 0 aliphatic carbocycles. The highest BCUT2D eigenvalue weighted by Gasteiger charge is 2.32. The van der Waals surface area contributed by atoms with E-state index in [9.17, 15) is 9.50 Å². The van der Waals surface area contributed by atoms with E-state index >= 15 is 0 Å². The van der Waals surface area contributed by atoms with Gasteiger partial charge < -0.3 is 15.7 Å². The SMILES string of the molecule is CC1(O)CCN(c2ccc(N)cc2F)C1. The van der Waals surface area contributed by atoms with Crippen LogP contribution in [0.2, 0.25) is 0 Å². The smallest absolute Gasteiger partial charge is 0.148 e. The van der Waals surface area contributed by atoms with Crippen LogP contribution in [0.3, 0.4) is 0 Å². The number of hydrogen-bond donors (Lipinski definition) is 2. The third-order valence-corrected chi connectivity index (χ3v) is 2.76. The van der Waals surface area contributed by atoms with Gasteiger partial charge in [0.1, 0.15) is 5.82 Å². The Morgan fingerprint density at radius 1 is 1.53 bits per heavy atom. The standard InChI is InChI=1S/C11H15FN2O/c1-11(15)4-5-14(7-11)10-3-2-8(13)6-9(10)12/h2-3,6,15H,4-5,7,13H2,1H3. The summed E-state index contributed by atoms with van der Waals surface area (Å²) in [5.41, 5.74) is 5.69. The molecule has 1 aliphatic rings. The van der Waals surface area contributed by atoms with Crippen molar-refractivity contribution < 1.29 is 9.50 Å². The summed E-state index contributed by atoms with van der Waals surface area (Å²) in [6.45, 7) is 2.91. The molecule has 1 aromatic rings. The fourth-order valence-electron chi connectivity index (χ4n) is 1.93. The summed E-state index contributed by atoms with van der Waals surface area (Å²) in [5, 5.41) is 9.78. The first-order valence-electron chi connectivity index (χ1n) is 5.00. The second-order valence-electron chi connectivity index (χ2n) is 4.38. The molecule has 82 valence electrons. The number of halogens is 1. The number of anilines is 2. The van der Waals surface area contributed by atoms with Gasteiger partial charge in [-0.2, -0.15) is 0 Å². The van der Waals surface area contributed by atoms with Crippen LogP contribution in [0.25, 0.3) is 0 Å². The number of aliphatic hydroxyl groups is 1. The maximum absolute atomic E-state index is 13.6. The molecule has 1 saturated heterocycles. The molecule has 1 atom stereocenters. The van der Waals surface area contributed by atoms with Gasteiger partial charge in [-0.15, -0.1) is 0 Å². The van der Waals surface area contributed by atoms with Crippen LogP contribution in [-0.2, 0) is 0 Å². The number of β-amino-alcohol motifs (C(OH)–C–C–N with tert-alkyl or cyclic N) is 1. The molecule has 3 N–H and O–H groups in total. The fraction of sp³-hybridized carbons (Fsp3) is 0.455. The van der Waals surface area contributed by atoms with Crippen LogP contribution in [0.1, 0.15) is 13.3 Å². The van der Waals surface area contributed by atoms with E-state index < -0.39 is 5.60 Å². The second-order valence-corrected chi connectivity index (χ2v) is 4.38. The van der Waals surface area contributed by atoms with Gasteiger partial charge >= 0.3 is 0 Å². The molecule has 2 rings (SSSR count). The zero-order chi connectivity index (χ0) is 11.1. The lowest BCUT2D eigenvalue weighted by Crippen LogP contribution is -2.29. The van der Waals surface area contributed by atoms with Crippen molar-refractivity contribution in [2.45, 2.75) is 18.9 Å². The van der Waals surface area contributed by atoms with Crippen molar-refractivity contribution >= 4 is 11.4 Å². The van der Waals surface area contributed by atoms with Crippen LogP contribution < -0.4 is 10.6 Å². The predicted molar refractivity (Wildman–Crippen MR) is 58.3 cm³/mol. The molecule has 4 heteroatoms. The average Bonchev–Trinajstić information content (AvgIpc) is 2.46. The molecule has 0 amide bonds. The molecule has 15 heavy (non-hydrogen) atoms. The summed E-state index contributed by atoms with van der Waals surface area (Å²) in [4.78, 5) is 1.84. The lowest BCUT2D eigenvalue weighted by atomic mass is 10.1. The first-order valence-corrected chi connectivity index (χ1v) is 5.00. The summed E-state index contributed by atoms with van der Waals surface area (Å²) in [6.07, 6.45) is 0.664. The van der Waals surface area contributed by atoms with Crippen LogP contribution in [0.4, 0.5) is 15.8 Å². The number of hydrogen-bond acceptors (Lipinski definition) is 3. The molecular weight excluding hydrogens is 195 g/mol. The van der Waals surface area contributed by atoms with Crippen LogP contribution in [0.5, 0.6) is 0 Å². The molecule has 0 bridgehead atoms. The highest BCUT2D eigenvalue weighted by molar-refractivity contribution is 5.55. The topological polar surface area (TPSA) is 49.5 Å². The van der Waals surface area contributed by atoms with E-state index in [1.165, 1.54) is 6.07 Å². The molecule has 1 aliphatic heterocycles. The van der Waals surface area contributed by atoms with Gasteiger partial charge in [-0.3, -0.25) is 0 Å². The Bertz CT molecular complexity index is 379. The van der Waals surface area contributed by atoms with Crippen molar-refractivity contribution in [3.63, 3.8) is 0 Å². The summed E-state index contributed by atoms with van der Waals surface area (Å²) in [5.74, 6) is -0.326. The van der Waals surface area contributed by atoms with Crippen LogP contribution in [0.15, 0.2) is 18.2 Å². The van der Waals surface area contributed by atoms with Gasteiger partial charge in [0.2, 0.25) is 0 Å². The summed E-state index contributed by atoms with van der Waals surface area (Å²) in [6, 6.07) is 4.64. The fourth-order valence-corrected chi connectivity index (χ4v) is 1.93. The zero-order valence-electron chi connectivity index (χ0n) is 8.70. The Morgan fingerprint density at radius 3 is 2.80 bits per heavy atom. The van der Waals surface area contributed by atoms with Gasteiger partial charge in [0.15, 0.2) is 0 Å². The Kier molecular flexibility index (Phi) is 2.31. The summed E-state index contributed by atoms with van der Waals surface area (Å²) >= 11 is 0. The molecule has 0 aromatic heterocycles. The minimum atomic E-state index is -0.714. The van der Waals surface area contributed by atoms with Crippen molar-refractivity contribution in [3.8, 4) is 0 Å². The minimum Gasteiger partial charge on any atom is -0.399 e. The van der Waals surface area contributed by atoms with Gasteiger partial charge in [-0.25, -0.2) is 4.39 Å². The minimum absolute atomic E-state index is 0.326. The maximum Gasteiger partial charge on any atom is 0.148 e. The lowest BCUT2D eigenvalue weighted by Gasteiger charge is -2.21. The lowest BCUT2D eigenvalue weighted by molar-refractivity contribution is 0.0839. The van der Waals surface area contributed by atoms with Crippen LogP contribution >= 0.6 is 0 Å². The summed E-state index contributed by atoms with van der Waals surface area (Å²) in [7, 11) is 0. The Morgan fingerprint density at radius 2 is 2.27 bits per heavy atom. The van der Waals surface area contributed by atoms with Crippen molar-refractivity contribution in [2.24, 2.45) is 0 Å². The van der Waals surface area contributed by atoms with Gasteiger partial charge in [0.05, 0.1) is 11.3 Å². The number of nitrogen functional groups attached to an aromatic ring is 1. The van der Waals surface area contributed by atoms with E-state index in [1.807, 2.05) is 4.90 Å². The Labute approximate surface area is 88.3 Å². The summed E-state index contributed by atoms with van der Waals surface area (Å²) < 4.78 is 13.6. The second kappa shape index (κ2) is 3.38. The quantitative estimate of drug-likeness (QED) is 0.688. The maximum atomic E-state index is 13.6. The number of rotatable bonds is 1. The van der Waals surface area contributed by atoms with E-state index in [0.717, 1.165) is 0 Å². The molecule has 0 radical (unpaired) electrons. The van der Waals surface area contributed by atoms with Gasteiger partial charge in [-0.05, 0) is 31.5 Å². The van der Waals surface area contributed by atoms with Crippen molar-refractivity contribution in [1.82, 2.24) is 0 Å². The number of nitrogens with zero attached hydrogens (tertiary/aromatic N) is 1. The number of benzene rings is 1. The first-order chi connectivity index (χ1) is 6.98. The first kappa shape index (κ1) is 10.2. The van der Waals surface area contributed by atoms with Gasteiger partial charge in [0.25, 0.3) is 0 Å². The molecule has 3 nitrogen and oxygen atoms in total. The monoisotopic (exact) mass is 210 g/mol. The molecular formula is C11H15FN2O. The largest absolute Gasteiger partial charge is 0.399 e. The highest BCUT2D eigenvalue weighted by Crippen LogP contribution is 2.29. The number of nitrogens with two attached hydrogens (primary N) is 1. The predicted octanol–water partition coefficient (Wildman–Crippen LogP) is 1.37. The molecule has 0 saturated carbocycles. The van der Waals surface area contributed by atoms with Gasteiger partial charge in [-0.1, -0.05) is 0 Å². The molecule has 1 heterocycles. The molecule has 1 fully saturated rings. The van der Waals surface area contributed by atoms with Crippen molar-refractivity contribution in [3.05, 3.63) is 24.0 Å². The zero-order valence-corrected chi connectivity index (χ0v) is 8.70. The van der Waals surface area contributed by atoms with E-state index in [0.29, 0.717) is 30.9 Å². The van der Waals surface area contributed by atoms with E-state index in [2.05, 4.69) is 0 Å². The van der Waals surface area contributed by atoms with E-state index in [4.69, 9.17) is 5.73 Å². The van der Waals surface area contributed by atoms with Crippen molar-refractivity contribution in [1.29, 1.82) is 0 Å². The average molecular weight is 210 g/mol. The Hall–Kier alpha value is -1.29. The van der Waals surface area contributed by atoms with Crippen molar-refractivity contribution in [2.75, 3.05) is 23.7 Å². The third-order valence-electron chi connectivity index (χ3n) is 2.76. The van der Waals surface area contributed by atoms with E-state index in [-0.39, 0.29) is 5.82 Å². The van der Waals surface area contributed by atoms with Gasteiger partial charge in [0, 0.05) is 18.8 Å². The van der Waals surface area contributed by atoms with E-state index in [1.54, 1.807) is 19.1 Å². The third kappa shape index (κ3) is 2.04. The highest BCUT2D eigenvalue weighted by atomic mass is 19.1. The Balaban J connectivity index is 2.24.